The normalized spacial score (nSPS) is 8.73. The summed E-state index contributed by atoms with van der Waals surface area (Å²) in [6.07, 6.45) is -1.32. The summed E-state index contributed by atoms with van der Waals surface area (Å²) in [6.45, 7) is 0. The van der Waals surface area contributed by atoms with E-state index in [4.69, 9.17) is 5.11 Å². The number of carbonyl (C=O) groups is 4. The molecule has 0 amide bonds. The molecule has 0 bridgehead atoms. The molecule has 1 N–H and O–H groups in total. The standard InChI is InChI=1S/C6H6O5/c7-3-5(9)1-4(8)2-6(10)11/h3H,1-2H2,(H,10,11). The molecule has 0 aromatic heterocycles. The molecule has 0 radical (unpaired) electrons. The minimum absolute atomic E-state index is 0.000248. The van der Waals surface area contributed by atoms with Crippen LogP contribution in [0.25, 0.3) is 0 Å². The van der Waals surface area contributed by atoms with Crippen molar-refractivity contribution >= 4 is 23.8 Å². The highest BCUT2D eigenvalue weighted by atomic mass is 16.4. The van der Waals surface area contributed by atoms with E-state index in [9.17, 15) is 19.2 Å². The van der Waals surface area contributed by atoms with E-state index in [2.05, 4.69) is 0 Å². The van der Waals surface area contributed by atoms with Gasteiger partial charge in [-0.15, -0.1) is 0 Å². The number of hydrogen-bond acceptors (Lipinski definition) is 4. The summed E-state index contributed by atoms with van der Waals surface area (Å²) in [5.74, 6) is -2.94. The van der Waals surface area contributed by atoms with E-state index in [0.717, 1.165) is 0 Å². The number of carboxylic acid groups (broad SMARTS) is 1. The van der Waals surface area contributed by atoms with Gasteiger partial charge in [-0.25, -0.2) is 0 Å². The minimum atomic E-state index is -1.30. The van der Waals surface area contributed by atoms with Gasteiger partial charge >= 0.3 is 5.97 Å². The Labute approximate surface area is 62.0 Å². The second-order valence-corrected chi connectivity index (χ2v) is 1.87. The second-order valence-electron chi connectivity index (χ2n) is 1.87. The first-order valence-electron chi connectivity index (χ1n) is 2.77. The minimum Gasteiger partial charge on any atom is -0.481 e. The van der Waals surface area contributed by atoms with Crippen LogP contribution in [-0.2, 0) is 19.2 Å². The van der Waals surface area contributed by atoms with Crippen molar-refractivity contribution in [3.05, 3.63) is 0 Å². The average molecular weight is 158 g/mol. The second kappa shape index (κ2) is 4.32. The van der Waals surface area contributed by atoms with Gasteiger partial charge in [-0.2, -0.15) is 0 Å². The third kappa shape index (κ3) is 4.95. The molecule has 0 aromatic rings. The van der Waals surface area contributed by atoms with E-state index in [1.54, 1.807) is 0 Å². The van der Waals surface area contributed by atoms with E-state index in [-0.39, 0.29) is 6.29 Å². The summed E-state index contributed by atoms with van der Waals surface area (Å²) in [5.41, 5.74) is 0. The van der Waals surface area contributed by atoms with Crippen LogP contribution in [0.15, 0.2) is 0 Å². The van der Waals surface area contributed by atoms with E-state index in [1.165, 1.54) is 0 Å². The van der Waals surface area contributed by atoms with Gasteiger partial charge in [-0.3, -0.25) is 19.2 Å². The lowest BCUT2D eigenvalue weighted by Crippen LogP contribution is -2.12. The van der Waals surface area contributed by atoms with E-state index < -0.39 is 30.4 Å². The zero-order valence-corrected chi connectivity index (χ0v) is 5.57. The number of aldehydes is 1. The van der Waals surface area contributed by atoms with Crippen LogP contribution in [0.5, 0.6) is 0 Å². The first-order valence-corrected chi connectivity index (χ1v) is 2.77. The lowest BCUT2D eigenvalue weighted by molar-refractivity contribution is -0.141. The SMILES string of the molecule is O=CC(=O)CC(=O)CC(=O)O. The molecule has 0 aromatic carbocycles. The Hall–Kier alpha value is -1.52. The molecule has 0 saturated carbocycles. The first kappa shape index (κ1) is 9.48. The monoisotopic (exact) mass is 158 g/mol. The van der Waals surface area contributed by atoms with Crippen LogP contribution in [0, 0.1) is 0 Å². The molecular weight excluding hydrogens is 152 g/mol. The van der Waals surface area contributed by atoms with Gasteiger partial charge in [0.15, 0.2) is 12.1 Å². The highest BCUT2D eigenvalue weighted by Crippen LogP contribution is 1.89. The molecule has 11 heavy (non-hydrogen) atoms. The number of Topliss-reactive ketones (excluding diaryl/α,β-unsaturated/α-hetero) is 2. The maximum atomic E-state index is 10.5. The predicted molar refractivity (Wildman–Crippen MR) is 32.9 cm³/mol. The first-order chi connectivity index (χ1) is 5.06. The molecular formula is C6H6O5. The third-order valence-electron chi connectivity index (χ3n) is 0.851. The Morgan fingerprint density at radius 2 is 1.73 bits per heavy atom. The Morgan fingerprint density at radius 3 is 2.09 bits per heavy atom. The van der Waals surface area contributed by atoms with Crippen molar-refractivity contribution in [3.63, 3.8) is 0 Å². The van der Waals surface area contributed by atoms with Crippen LogP contribution in [0.4, 0.5) is 0 Å². The Balaban J connectivity index is 3.78. The van der Waals surface area contributed by atoms with Crippen LogP contribution in [0.3, 0.4) is 0 Å². The predicted octanol–water partition coefficient (Wildman–Crippen LogP) is -0.812. The fourth-order valence-electron chi connectivity index (χ4n) is 0.467. The molecule has 60 valence electrons. The van der Waals surface area contributed by atoms with Gasteiger partial charge in [0.05, 0.1) is 6.42 Å². The molecule has 0 atom stereocenters. The van der Waals surface area contributed by atoms with E-state index in [0.29, 0.717) is 0 Å². The maximum absolute atomic E-state index is 10.5. The van der Waals surface area contributed by atoms with Crippen molar-refractivity contribution in [2.75, 3.05) is 0 Å². The van der Waals surface area contributed by atoms with Gasteiger partial charge in [0.25, 0.3) is 0 Å². The van der Waals surface area contributed by atoms with Crippen LogP contribution in [0.1, 0.15) is 12.8 Å². The van der Waals surface area contributed by atoms with Gasteiger partial charge in [-0.05, 0) is 0 Å². The Morgan fingerprint density at radius 1 is 1.18 bits per heavy atom. The fourth-order valence-corrected chi connectivity index (χ4v) is 0.467. The molecule has 0 aliphatic heterocycles. The quantitative estimate of drug-likeness (QED) is 0.321. The van der Waals surface area contributed by atoms with Crippen molar-refractivity contribution in [1.29, 1.82) is 0 Å². The number of hydrogen-bond donors (Lipinski definition) is 1. The largest absolute Gasteiger partial charge is 0.481 e. The topological polar surface area (TPSA) is 88.5 Å². The van der Waals surface area contributed by atoms with Crippen LogP contribution in [-0.4, -0.2) is 28.9 Å². The van der Waals surface area contributed by atoms with Gasteiger partial charge in [0.1, 0.15) is 6.42 Å². The van der Waals surface area contributed by atoms with Crippen molar-refractivity contribution in [3.8, 4) is 0 Å². The smallest absolute Gasteiger partial charge is 0.310 e. The van der Waals surface area contributed by atoms with Gasteiger partial charge in [0, 0.05) is 0 Å². The maximum Gasteiger partial charge on any atom is 0.310 e. The molecule has 0 aliphatic rings. The summed E-state index contributed by atoms with van der Waals surface area (Å²) in [5, 5.41) is 8.05. The number of ketones is 2. The summed E-state index contributed by atoms with van der Waals surface area (Å²) < 4.78 is 0. The highest BCUT2D eigenvalue weighted by Gasteiger charge is 2.11. The summed E-state index contributed by atoms with van der Waals surface area (Å²) in [6, 6.07) is 0. The Kier molecular flexibility index (Phi) is 3.72. The van der Waals surface area contributed by atoms with Crippen molar-refractivity contribution < 1.29 is 24.3 Å². The highest BCUT2D eigenvalue weighted by molar-refractivity contribution is 6.30. The molecule has 5 heteroatoms. The molecule has 0 saturated heterocycles. The van der Waals surface area contributed by atoms with Crippen molar-refractivity contribution in [2.45, 2.75) is 12.8 Å². The molecule has 0 fully saturated rings. The molecule has 0 spiro atoms. The van der Waals surface area contributed by atoms with Gasteiger partial charge < -0.3 is 5.11 Å². The summed E-state index contributed by atoms with van der Waals surface area (Å²) in [4.78, 5) is 40.2. The zero-order valence-electron chi connectivity index (χ0n) is 5.57. The number of aliphatic carboxylic acids is 1. The summed E-state index contributed by atoms with van der Waals surface area (Å²) in [7, 11) is 0. The lowest BCUT2D eigenvalue weighted by atomic mass is 10.2. The van der Waals surface area contributed by atoms with Crippen molar-refractivity contribution in [2.24, 2.45) is 0 Å². The summed E-state index contributed by atoms with van der Waals surface area (Å²) >= 11 is 0. The molecule has 0 heterocycles. The van der Waals surface area contributed by atoms with Gasteiger partial charge in [-0.1, -0.05) is 0 Å². The van der Waals surface area contributed by atoms with Gasteiger partial charge in [0.2, 0.25) is 5.78 Å². The Bertz CT molecular complexity index is 205. The van der Waals surface area contributed by atoms with Crippen molar-refractivity contribution in [1.82, 2.24) is 0 Å². The van der Waals surface area contributed by atoms with E-state index in [1.807, 2.05) is 0 Å². The number of carboxylic acids is 1. The molecule has 0 aliphatic carbocycles. The average Bonchev–Trinajstić information content (AvgIpc) is 1.85. The molecule has 5 nitrogen and oxygen atoms in total. The molecule has 0 rings (SSSR count). The molecule has 0 unspecified atom stereocenters. The number of rotatable bonds is 5. The third-order valence-corrected chi connectivity index (χ3v) is 0.851. The lowest BCUT2D eigenvalue weighted by Gasteiger charge is -1.89. The van der Waals surface area contributed by atoms with Crippen LogP contribution < -0.4 is 0 Å². The fraction of sp³-hybridized carbons (Fsp3) is 0.333. The van der Waals surface area contributed by atoms with E-state index >= 15 is 0 Å². The van der Waals surface area contributed by atoms with Crippen LogP contribution in [0.2, 0.25) is 0 Å². The number of carbonyl (C=O) groups excluding carboxylic acids is 3. The van der Waals surface area contributed by atoms with Crippen LogP contribution >= 0.6 is 0 Å². The zero-order chi connectivity index (χ0) is 8.85.